The van der Waals surface area contributed by atoms with Crippen LogP contribution in [-0.4, -0.2) is 110 Å². The minimum absolute atomic E-state index is 0. The van der Waals surface area contributed by atoms with Crippen molar-refractivity contribution in [3.63, 3.8) is 0 Å². The predicted molar refractivity (Wildman–Crippen MR) is 82.9 cm³/mol. The van der Waals surface area contributed by atoms with Gasteiger partial charge in [-0.1, -0.05) is 0 Å². The van der Waals surface area contributed by atoms with E-state index in [1.807, 2.05) is 0 Å². The third-order valence-electron chi connectivity index (χ3n) is 0.167. The summed E-state index contributed by atoms with van der Waals surface area (Å²) in [5.41, 5.74) is 9.81. The van der Waals surface area contributed by atoms with Crippen LogP contribution in [0.5, 0.6) is 0 Å². The van der Waals surface area contributed by atoms with Gasteiger partial charge in [0.25, 0.3) is 23.9 Å². The van der Waals surface area contributed by atoms with Gasteiger partial charge in [0, 0.05) is 93.4 Å². The maximum absolute atomic E-state index is 9.00. The molecule has 0 unspecified atom stereocenters. The summed E-state index contributed by atoms with van der Waals surface area (Å²) in [6.07, 6.45) is 0. The fourth-order valence-electron chi connectivity index (χ4n) is 0. The number of aliphatic carboxylic acids is 4. The van der Waals surface area contributed by atoms with Crippen LogP contribution >= 0.6 is 0 Å². The average molecular weight is 348 g/mol. The number of rotatable bonds is 1. The van der Waals surface area contributed by atoms with Gasteiger partial charge in [-0.25, -0.2) is 0 Å². The van der Waals surface area contributed by atoms with Gasteiger partial charge in [-0.05, 0) is 0 Å². The van der Waals surface area contributed by atoms with E-state index >= 15 is 0 Å². The maximum Gasteiger partial charge on any atom is 0.300 e. The molecule has 0 saturated heterocycles. The predicted octanol–water partition coefficient (Wildman–Crippen LogP) is -1.49. The number of hydrogen-bond acceptors (Lipinski definition) is 6. The van der Waals surface area contributed by atoms with Crippen LogP contribution in [-0.2, 0) is 19.2 Å². The van der Waals surface area contributed by atoms with Gasteiger partial charge >= 0.3 is 0 Å². The summed E-state index contributed by atoms with van der Waals surface area (Å²) in [6, 6.07) is 0. The van der Waals surface area contributed by atoms with Crippen molar-refractivity contribution in [2.24, 2.45) is 11.5 Å². The molecule has 0 aliphatic carbocycles. The number of nitrogens with two attached hydrogens (primary N) is 2. The zero-order valence-corrected chi connectivity index (χ0v) is 17.1. The van der Waals surface area contributed by atoms with Crippen LogP contribution in [0.4, 0.5) is 0 Å². The first kappa shape index (κ1) is 43.0. The van der Waals surface area contributed by atoms with Crippen molar-refractivity contribution in [2.75, 3.05) is 13.1 Å². The van der Waals surface area contributed by atoms with E-state index in [1.54, 1.807) is 0 Å². The minimum Gasteiger partial charge on any atom is -0.481 e. The molecule has 0 heterocycles. The van der Waals surface area contributed by atoms with Gasteiger partial charge in [0.15, 0.2) is 0 Å². The molecule has 0 atom stereocenters. The van der Waals surface area contributed by atoms with E-state index in [9.17, 15) is 0 Å². The van der Waals surface area contributed by atoms with E-state index in [2.05, 4.69) is 0 Å². The summed E-state index contributed by atoms with van der Waals surface area (Å²) in [7, 11) is 0. The SMILES string of the molecule is CC(=O)O.CC(=O)O.CC(=O)O.CC(=O)O.NCCN.[Mg].[Na]. The molecule has 0 aromatic heterocycles. The first-order chi connectivity index (χ1) is 8.84. The van der Waals surface area contributed by atoms with Gasteiger partial charge in [-0.2, -0.15) is 0 Å². The Morgan fingerprint density at radius 1 is 0.636 bits per heavy atom. The zero-order chi connectivity index (χ0) is 17.7. The van der Waals surface area contributed by atoms with Crippen molar-refractivity contribution < 1.29 is 39.6 Å². The maximum atomic E-state index is 9.00. The number of carboxylic acids is 4. The van der Waals surface area contributed by atoms with Gasteiger partial charge in [0.05, 0.1) is 0 Å². The Morgan fingerprint density at radius 2 is 0.682 bits per heavy atom. The molecule has 0 amide bonds. The van der Waals surface area contributed by atoms with E-state index in [1.165, 1.54) is 0 Å². The van der Waals surface area contributed by atoms with Gasteiger partial charge in [0.1, 0.15) is 0 Å². The molecule has 0 aromatic carbocycles. The molecular formula is C10H24MgN2NaO8. The number of carboxylic acid groups (broad SMARTS) is 4. The molecule has 0 fully saturated rings. The van der Waals surface area contributed by atoms with Gasteiger partial charge in [-0.3, -0.25) is 19.2 Å². The molecule has 0 saturated carbocycles. The van der Waals surface area contributed by atoms with Gasteiger partial charge in [0.2, 0.25) is 0 Å². The van der Waals surface area contributed by atoms with E-state index in [4.69, 9.17) is 51.1 Å². The molecule has 0 bridgehead atoms. The summed E-state index contributed by atoms with van der Waals surface area (Å²) < 4.78 is 0. The van der Waals surface area contributed by atoms with E-state index in [-0.39, 0.29) is 52.6 Å². The minimum atomic E-state index is -0.833. The monoisotopic (exact) mass is 347 g/mol. The standard InChI is InChI=1S/C2H8N2.4C2H4O2.Mg.Na/c3-1-2-4;4*1-2(3)4;;/h1-4H2;4*1H3,(H,3,4);;. The summed E-state index contributed by atoms with van der Waals surface area (Å²) in [5, 5.41) is 29.7. The largest absolute Gasteiger partial charge is 0.481 e. The molecule has 0 aliphatic rings. The second-order valence-corrected chi connectivity index (χ2v) is 2.65. The van der Waals surface area contributed by atoms with Crippen molar-refractivity contribution >= 4 is 76.5 Å². The van der Waals surface area contributed by atoms with Crippen LogP contribution in [0.15, 0.2) is 0 Å². The topological polar surface area (TPSA) is 201 Å². The Hall–Kier alpha value is -0.434. The van der Waals surface area contributed by atoms with Crippen LogP contribution in [0.3, 0.4) is 0 Å². The molecule has 125 valence electrons. The average Bonchev–Trinajstić information content (AvgIpc) is 2.13. The normalized spacial score (nSPS) is 5.91. The first-order valence-electron chi connectivity index (χ1n) is 5.03. The fraction of sp³-hybridized carbons (Fsp3) is 0.600. The van der Waals surface area contributed by atoms with E-state index in [0.29, 0.717) is 13.1 Å². The Bertz CT molecular complexity index is 201. The Balaban J connectivity index is -0.0000000250. The molecule has 0 aromatic rings. The molecular weight excluding hydrogens is 323 g/mol. The van der Waals surface area contributed by atoms with Crippen LogP contribution in [0, 0.1) is 0 Å². The second kappa shape index (κ2) is 42.8. The van der Waals surface area contributed by atoms with Crippen LogP contribution in [0.25, 0.3) is 0 Å². The molecule has 0 rings (SSSR count). The van der Waals surface area contributed by atoms with Crippen LogP contribution < -0.4 is 11.5 Å². The Labute approximate surface area is 167 Å². The van der Waals surface area contributed by atoms with E-state index in [0.717, 1.165) is 27.7 Å². The fourth-order valence-corrected chi connectivity index (χ4v) is 0. The molecule has 12 heteroatoms. The number of carbonyl (C=O) groups is 4. The van der Waals surface area contributed by atoms with Gasteiger partial charge in [-0.15, -0.1) is 0 Å². The molecule has 22 heavy (non-hydrogen) atoms. The van der Waals surface area contributed by atoms with Crippen molar-refractivity contribution in [3.8, 4) is 0 Å². The van der Waals surface area contributed by atoms with Crippen molar-refractivity contribution in [2.45, 2.75) is 27.7 Å². The Morgan fingerprint density at radius 3 is 0.682 bits per heavy atom. The van der Waals surface area contributed by atoms with Crippen molar-refractivity contribution in [3.05, 3.63) is 0 Å². The quantitative estimate of drug-likeness (QED) is 0.303. The molecule has 3 radical (unpaired) electrons. The molecule has 0 aliphatic heterocycles. The summed E-state index contributed by atoms with van der Waals surface area (Å²) in [4.78, 5) is 36.0. The molecule has 8 N–H and O–H groups in total. The summed E-state index contributed by atoms with van der Waals surface area (Å²) >= 11 is 0. The van der Waals surface area contributed by atoms with Crippen molar-refractivity contribution in [1.82, 2.24) is 0 Å². The summed E-state index contributed by atoms with van der Waals surface area (Å²) in [5.74, 6) is -3.33. The smallest absolute Gasteiger partial charge is 0.300 e. The van der Waals surface area contributed by atoms with Crippen LogP contribution in [0.1, 0.15) is 27.7 Å². The van der Waals surface area contributed by atoms with Crippen molar-refractivity contribution in [1.29, 1.82) is 0 Å². The Kier molecular flexibility index (Phi) is 83.6. The number of hydrogen-bond donors (Lipinski definition) is 6. The molecule has 0 spiro atoms. The third kappa shape index (κ3) is 21000. The zero-order valence-electron chi connectivity index (χ0n) is 13.7. The van der Waals surface area contributed by atoms with Gasteiger partial charge < -0.3 is 31.9 Å². The summed E-state index contributed by atoms with van der Waals surface area (Å²) in [6.45, 7) is 5.53. The molecule has 10 nitrogen and oxygen atoms in total. The third-order valence-corrected chi connectivity index (χ3v) is 0.167. The van der Waals surface area contributed by atoms with Crippen LogP contribution in [0.2, 0.25) is 0 Å². The first-order valence-corrected chi connectivity index (χ1v) is 5.03. The second-order valence-electron chi connectivity index (χ2n) is 2.65. The van der Waals surface area contributed by atoms with E-state index < -0.39 is 23.9 Å².